The lowest BCUT2D eigenvalue weighted by Crippen LogP contribution is -2.69. The van der Waals surface area contributed by atoms with Crippen molar-refractivity contribution in [3.05, 3.63) is 0 Å². The van der Waals surface area contributed by atoms with Gasteiger partial charge in [-0.1, -0.05) is 0 Å². The van der Waals surface area contributed by atoms with Crippen LogP contribution >= 0.6 is 0 Å². The van der Waals surface area contributed by atoms with Gasteiger partial charge in [-0.15, -0.1) is 0 Å². The minimum absolute atomic E-state index is 0.0932. The molecule has 13 heavy (non-hydrogen) atoms. The number of aliphatic hydroxyl groups is 2. The molecule has 4 aliphatic rings. The molecule has 4 aliphatic carbocycles. The van der Waals surface area contributed by atoms with Gasteiger partial charge in [0.15, 0.2) is 0 Å². The van der Waals surface area contributed by atoms with Gasteiger partial charge in [-0.05, 0) is 37.5 Å². The molecule has 0 heterocycles. The summed E-state index contributed by atoms with van der Waals surface area (Å²) in [6, 6.07) is -0.0932. The van der Waals surface area contributed by atoms with Crippen LogP contribution < -0.4 is 5.73 Å². The summed E-state index contributed by atoms with van der Waals surface area (Å²) >= 11 is 0. The summed E-state index contributed by atoms with van der Waals surface area (Å²) in [7, 11) is 0. The third-order valence-corrected chi connectivity index (χ3v) is 4.35. The maximum Gasteiger partial charge on any atom is 0.0830 e. The molecule has 4 N–H and O–H groups in total. The molecule has 1 unspecified atom stereocenters. The average Bonchev–Trinajstić information content (AvgIpc) is 1.96. The first-order valence-electron chi connectivity index (χ1n) is 5.21. The van der Waals surface area contributed by atoms with Crippen LogP contribution in [0.5, 0.6) is 0 Å². The SMILES string of the molecule is NC1[C@H]2C[C@@H]3C[C@](O)(C2)C[C@@]1(O)C3. The van der Waals surface area contributed by atoms with E-state index in [-0.39, 0.29) is 6.04 Å². The van der Waals surface area contributed by atoms with E-state index < -0.39 is 11.2 Å². The molecule has 4 fully saturated rings. The van der Waals surface area contributed by atoms with Gasteiger partial charge >= 0.3 is 0 Å². The van der Waals surface area contributed by atoms with Crippen LogP contribution in [-0.2, 0) is 0 Å². The van der Waals surface area contributed by atoms with E-state index >= 15 is 0 Å². The fraction of sp³-hybridized carbons (Fsp3) is 1.00. The zero-order valence-corrected chi connectivity index (χ0v) is 7.74. The molecule has 0 aromatic rings. The van der Waals surface area contributed by atoms with Crippen molar-refractivity contribution in [2.45, 2.75) is 49.3 Å². The molecule has 0 amide bonds. The highest BCUT2D eigenvalue weighted by Crippen LogP contribution is 2.56. The molecule has 5 atom stereocenters. The molecule has 0 aromatic carbocycles. The Bertz CT molecular complexity index is 257. The fourth-order valence-corrected chi connectivity index (χ4v) is 4.11. The highest BCUT2D eigenvalue weighted by atomic mass is 16.3. The van der Waals surface area contributed by atoms with Gasteiger partial charge in [-0.2, -0.15) is 0 Å². The van der Waals surface area contributed by atoms with Crippen LogP contribution in [0.4, 0.5) is 0 Å². The zero-order valence-electron chi connectivity index (χ0n) is 7.74. The number of rotatable bonds is 0. The number of nitrogens with two attached hydrogens (primary N) is 1. The Balaban J connectivity index is 2.01. The van der Waals surface area contributed by atoms with E-state index in [1.165, 1.54) is 0 Å². The molecule has 4 saturated carbocycles. The first-order chi connectivity index (χ1) is 6.01. The van der Waals surface area contributed by atoms with Crippen molar-refractivity contribution >= 4 is 0 Å². The molecule has 4 rings (SSSR count). The van der Waals surface area contributed by atoms with Crippen LogP contribution in [0.2, 0.25) is 0 Å². The zero-order chi connectivity index (χ0) is 9.27. The van der Waals surface area contributed by atoms with Gasteiger partial charge in [0, 0.05) is 12.5 Å². The summed E-state index contributed by atoms with van der Waals surface area (Å²) in [5, 5.41) is 20.4. The van der Waals surface area contributed by atoms with Gasteiger partial charge in [0.25, 0.3) is 0 Å². The second-order valence-electron chi connectivity index (χ2n) is 5.50. The maximum absolute atomic E-state index is 10.3. The topological polar surface area (TPSA) is 66.5 Å². The smallest absolute Gasteiger partial charge is 0.0830 e. The molecule has 0 aliphatic heterocycles. The number of hydrogen-bond donors (Lipinski definition) is 3. The van der Waals surface area contributed by atoms with Crippen molar-refractivity contribution in [3.63, 3.8) is 0 Å². The van der Waals surface area contributed by atoms with Crippen LogP contribution in [0.1, 0.15) is 32.1 Å². The second-order valence-corrected chi connectivity index (χ2v) is 5.50. The summed E-state index contributed by atoms with van der Waals surface area (Å²) in [6.07, 6.45) is 4.14. The molecule has 0 spiro atoms. The summed E-state index contributed by atoms with van der Waals surface area (Å²) < 4.78 is 0. The molecule has 74 valence electrons. The van der Waals surface area contributed by atoms with E-state index in [1.54, 1.807) is 0 Å². The van der Waals surface area contributed by atoms with Crippen molar-refractivity contribution in [3.8, 4) is 0 Å². The first-order valence-corrected chi connectivity index (χ1v) is 5.21. The highest BCUT2D eigenvalue weighted by molar-refractivity contribution is 5.14. The van der Waals surface area contributed by atoms with Gasteiger partial charge < -0.3 is 15.9 Å². The van der Waals surface area contributed by atoms with Crippen LogP contribution in [0, 0.1) is 11.8 Å². The molecule has 3 heteroatoms. The van der Waals surface area contributed by atoms with Crippen molar-refractivity contribution in [1.29, 1.82) is 0 Å². The van der Waals surface area contributed by atoms with E-state index in [0.29, 0.717) is 18.3 Å². The average molecular weight is 183 g/mol. The highest BCUT2D eigenvalue weighted by Gasteiger charge is 2.60. The summed E-state index contributed by atoms with van der Waals surface area (Å²) in [5.41, 5.74) is 4.66. The number of hydrogen-bond acceptors (Lipinski definition) is 3. The Morgan fingerprint density at radius 1 is 1.15 bits per heavy atom. The summed E-state index contributed by atoms with van der Waals surface area (Å²) in [5.74, 6) is 0.874. The van der Waals surface area contributed by atoms with Crippen LogP contribution in [0.15, 0.2) is 0 Å². The van der Waals surface area contributed by atoms with Crippen molar-refractivity contribution in [2.75, 3.05) is 0 Å². The van der Waals surface area contributed by atoms with Crippen LogP contribution in [-0.4, -0.2) is 27.5 Å². The van der Waals surface area contributed by atoms with Crippen molar-refractivity contribution in [2.24, 2.45) is 17.6 Å². The lowest BCUT2D eigenvalue weighted by molar-refractivity contribution is -0.208. The second kappa shape index (κ2) is 2.10. The van der Waals surface area contributed by atoms with E-state index in [1.807, 2.05) is 0 Å². The summed E-state index contributed by atoms with van der Waals surface area (Å²) in [6.45, 7) is 0. The Kier molecular flexibility index (Phi) is 1.33. The molecular formula is C10H17NO2. The van der Waals surface area contributed by atoms with Gasteiger partial charge in [0.2, 0.25) is 0 Å². The largest absolute Gasteiger partial charge is 0.390 e. The Morgan fingerprint density at radius 3 is 2.54 bits per heavy atom. The van der Waals surface area contributed by atoms with Gasteiger partial charge in [-0.25, -0.2) is 0 Å². The van der Waals surface area contributed by atoms with E-state index in [4.69, 9.17) is 5.73 Å². The van der Waals surface area contributed by atoms with Crippen LogP contribution in [0.25, 0.3) is 0 Å². The van der Waals surface area contributed by atoms with Gasteiger partial charge in [0.05, 0.1) is 11.2 Å². The normalized spacial score (nSPS) is 64.4. The molecular weight excluding hydrogens is 166 g/mol. The Morgan fingerprint density at radius 2 is 1.92 bits per heavy atom. The van der Waals surface area contributed by atoms with Crippen LogP contribution in [0.3, 0.4) is 0 Å². The van der Waals surface area contributed by atoms with Gasteiger partial charge in [0.1, 0.15) is 0 Å². The lowest BCUT2D eigenvalue weighted by Gasteiger charge is -2.61. The predicted molar refractivity (Wildman–Crippen MR) is 47.9 cm³/mol. The minimum atomic E-state index is -0.751. The maximum atomic E-state index is 10.3. The minimum Gasteiger partial charge on any atom is -0.390 e. The Labute approximate surface area is 77.9 Å². The van der Waals surface area contributed by atoms with Crippen molar-refractivity contribution < 1.29 is 10.2 Å². The first kappa shape index (κ1) is 8.21. The molecule has 0 aromatic heterocycles. The lowest BCUT2D eigenvalue weighted by atomic mass is 9.50. The molecule has 0 radical (unpaired) electrons. The third-order valence-electron chi connectivity index (χ3n) is 4.35. The van der Waals surface area contributed by atoms with Crippen molar-refractivity contribution in [1.82, 2.24) is 0 Å². The Hall–Kier alpha value is -0.120. The monoisotopic (exact) mass is 183 g/mol. The quantitative estimate of drug-likeness (QED) is 0.495. The van der Waals surface area contributed by atoms with E-state index in [9.17, 15) is 10.2 Å². The standard InChI is InChI=1S/C10H17NO2/c11-8-7-1-6-2-9(12,4-7)5-10(8,13)3-6/h6-8,12-13H,1-5,11H2/t6-,7+,8?,9+,10+/m1/s1. The summed E-state index contributed by atoms with van der Waals surface area (Å²) in [4.78, 5) is 0. The molecule has 0 saturated heterocycles. The van der Waals surface area contributed by atoms with E-state index in [0.717, 1.165) is 25.7 Å². The molecule has 3 nitrogen and oxygen atoms in total. The third kappa shape index (κ3) is 0.953. The fourth-order valence-electron chi connectivity index (χ4n) is 4.11. The molecule has 4 bridgehead atoms. The predicted octanol–water partition coefficient (Wildman–Crippen LogP) is -0.000400. The van der Waals surface area contributed by atoms with Gasteiger partial charge in [-0.3, -0.25) is 0 Å². The van der Waals surface area contributed by atoms with E-state index in [2.05, 4.69) is 0 Å².